The van der Waals surface area contributed by atoms with Crippen LogP contribution in [0.2, 0.25) is 0 Å². The smallest absolute Gasteiger partial charge is 0.227 e. The number of carbonyl (C=O) groups is 1. The van der Waals surface area contributed by atoms with Gasteiger partial charge in [-0.25, -0.2) is 0 Å². The number of aromatic nitrogens is 2. The fourth-order valence-corrected chi connectivity index (χ4v) is 4.42. The summed E-state index contributed by atoms with van der Waals surface area (Å²) >= 11 is 1.61. The van der Waals surface area contributed by atoms with Gasteiger partial charge in [0.25, 0.3) is 0 Å². The molecule has 0 unspecified atom stereocenters. The van der Waals surface area contributed by atoms with Crippen LogP contribution in [0.5, 0.6) is 5.75 Å². The Morgan fingerprint density at radius 3 is 2.81 bits per heavy atom. The van der Waals surface area contributed by atoms with Crippen LogP contribution in [-0.4, -0.2) is 65.7 Å². The first-order valence-corrected chi connectivity index (χ1v) is 11.6. The Morgan fingerprint density at radius 2 is 2.03 bits per heavy atom. The molecule has 0 spiro atoms. The number of nitrogens with zero attached hydrogens (tertiary/aromatic N) is 4. The molecular formula is C23H28N4O3S. The van der Waals surface area contributed by atoms with Crippen LogP contribution in [0.4, 0.5) is 0 Å². The molecule has 31 heavy (non-hydrogen) atoms. The number of ether oxygens (including phenoxy) is 1. The van der Waals surface area contributed by atoms with Crippen molar-refractivity contribution in [3.05, 3.63) is 53.2 Å². The molecule has 3 aromatic rings. The Morgan fingerprint density at radius 1 is 1.16 bits per heavy atom. The zero-order valence-corrected chi connectivity index (χ0v) is 18.6. The second kappa shape index (κ2) is 10.5. The van der Waals surface area contributed by atoms with E-state index in [1.165, 1.54) is 0 Å². The van der Waals surface area contributed by atoms with Crippen LogP contribution < -0.4 is 4.74 Å². The molecule has 0 bridgehead atoms. The number of amides is 1. The molecule has 1 aromatic carbocycles. The first-order valence-electron chi connectivity index (χ1n) is 10.7. The summed E-state index contributed by atoms with van der Waals surface area (Å²) in [6.07, 6.45) is 3.03. The molecule has 8 heteroatoms. The molecule has 0 radical (unpaired) electrons. The summed E-state index contributed by atoms with van der Waals surface area (Å²) in [5, 5.41) is 6.07. The third-order valence-electron chi connectivity index (χ3n) is 5.56. The van der Waals surface area contributed by atoms with E-state index in [0.29, 0.717) is 18.1 Å². The molecule has 4 rings (SSSR count). The topological polar surface area (TPSA) is 71.7 Å². The Hall–Kier alpha value is -2.71. The Kier molecular flexibility index (Phi) is 7.32. The third-order valence-corrected chi connectivity index (χ3v) is 6.43. The highest BCUT2D eigenvalue weighted by atomic mass is 32.1. The van der Waals surface area contributed by atoms with E-state index in [2.05, 4.69) is 15.0 Å². The SMILES string of the molecule is COc1cccc(CCC(=O)N2CCN(CCCc3nc(-c4cccs4)no3)CC2)c1. The standard InChI is InChI=1S/C23H28N4O3S/c1-29-19-6-2-5-18(17-19)9-10-22(28)27-14-12-26(13-15-27)11-3-8-21-24-23(25-30-21)20-7-4-16-31-20/h2,4-7,16-17H,3,8-15H2,1H3. The lowest BCUT2D eigenvalue weighted by Crippen LogP contribution is -2.48. The minimum Gasteiger partial charge on any atom is -0.497 e. The van der Waals surface area contributed by atoms with Crippen molar-refractivity contribution in [3.63, 3.8) is 0 Å². The van der Waals surface area contributed by atoms with Gasteiger partial charge in [0.2, 0.25) is 17.6 Å². The van der Waals surface area contributed by atoms with Crippen LogP contribution in [0.15, 0.2) is 46.3 Å². The molecular weight excluding hydrogens is 412 g/mol. The van der Waals surface area contributed by atoms with Crippen molar-refractivity contribution in [2.75, 3.05) is 39.8 Å². The lowest BCUT2D eigenvalue weighted by Gasteiger charge is -2.34. The minimum atomic E-state index is 0.231. The summed E-state index contributed by atoms with van der Waals surface area (Å²) in [5.41, 5.74) is 1.13. The number of aryl methyl sites for hydroxylation is 2. The molecule has 1 saturated heterocycles. The summed E-state index contributed by atoms with van der Waals surface area (Å²) in [6.45, 7) is 4.38. The van der Waals surface area contributed by atoms with Gasteiger partial charge < -0.3 is 14.2 Å². The summed E-state index contributed by atoms with van der Waals surface area (Å²) in [5.74, 6) is 2.43. The number of rotatable bonds is 9. The summed E-state index contributed by atoms with van der Waals surface area (Å²) in [7, 11) is 1.66. The summed E-state index contributed by atoms with van der Waals surface area (Å²) < 4.78 is 10.6. The highest BCUT2D eigenvalue weighted by molar-refractivity contribution is 7.13. The van der Waals surface area contributed by atoms with Gasteiger partial charge in [-0.05, 0) is 48.5 Å². The van der Waals surface area contributed by atoms with Gasteiger partial charge in [-0.3, -0.25) is 9.69 Å². The minimum absolute atomic E-state index is 0.231. The third kappa shape index (κ3) is 5.92. The van der Waals surface area contributed by atoms with Gasteiger partial charge in [0.15, 0.2) is 0 Å². The van der Waals surface area contributed by atoms with E-state index in [1.54, 1.807) is 18.4 Å². The highest BCUT2D eigenvalue weighted by Gasteiger charge is 2.21. The van der Waals surface area contributed by atoms with E-state index in [4.69, 9.17) is 9.26 Å². The van der Waals surface area contributed by atoms with E-state index in [9.17, 15) is 4.79 Å². The molecule has 7 nitrogen and oxygen atoms in total. The van der Waals surface area contributed by atoms with Crippen LogP contribution in [0.1, 0.15) is 24.3 Å². The van der Waals surface area contributed by atoms with Gasteiger partial charge in [-0.1, -0.05) is 23.4 Å². The van der Waals surface area contributed by atoms with Crippen molar-refractivity contribution in [2.24, 2.45) is 0 Å². The van der Waals surface area contributed by atoms with Crippen molar-refractivity contribution >= 4 is 17.2 Å². The van der Waals surface area contributed by atoms with Gasteiger partial charge in [0, 0.05) is 39.0 Å². The molecule has 164 valence electrons. The fourth-order valence-electron chi connectivity index (χ4n) is 3.77. The van der Waals surface area contributed by atoms with Crippen LogP contribution in [-0.2, 0) is 17.6 Å². The highest BCUT2D eigenvalue weighted by Crippen LogP contribution is 2.21. The zero-order valence-electron chi connectivity index (χ0n) is 17.8. The number of methoxy groups -OCH3 is 1. The van der Waals surface area contributed by atoms with Gasteiger partial charge in [0.1, 0.15) is 5.75 Å². The molecule has 1 aliphatic heterocycles. The molecule has 0 saturated carbocycles. The summed E-state index contributed by atoms with van der Waals surface area (Å²) in [6, 6.07) is 11.9. The number of piperazine rings is 1. The molecule has 0 atom stereocenters. The zero-order chi connectivity index (χ0) is 21.5. The van der Waals surface area contributed by atoms with Crippen molar-refractivity contribution in [3.8, 4) is 16.5 Å². The number of benzene rings is 1. The normalized spacial score (nSPS) is 14.7. The maximum Gasteiger partial charge on any atom is 0.227 e. The second-order valence-electron chi connectivity index (χ2n) is 7.67. The number of hydrogen-bond donors (Lipinski definition) is 0. The van der Waals surface area contributed by atoms with Gasteiger partial charge in [-0.15, -0.1) is 11.3 Å². The lowest BCUT2D eigenvalue weighted by atomic mass is 10.1. The second-order valence-corrected chi connectivity index (χ2v) is 8.61. The van der Waals surface area contributed by atoms with E-state index >= 15 is 0 Å². The molecule has 0 aliphatic carbocycles. The van der Waals surface area contributed by atoms with Crippen molar-refractivity contribution in [1.29, 1.82) is 0 Å². The van der Waals surface area contributed by atoms with E-state index in [-0.39, 0.29) is 5.91 Å². The molecule has 3 heterocycles. The number of thiophene rings is 1. The first-order chi connectivity index (χ1) is 15.2. The fraction of sp³-hybridized carbons (Fsp3) is 0.435. The predicted octanol–water partition coefficient (Wildman–Crippen LogP) is 3.52. The van der Waals surface area contributed by atoms with Crippen LogP contribution >= 0.6 is 11.3 Å². The Labute approximate surface area is 186 Å². The van der Waals surface area contributed by atoms with E-state index in [1.807, 2.05) is 46.7 Å². The molecule has 1 amide bonds. The van der Waals surface area contributed by atoms with Gasteiger partial charge >= 0.3 is 0 Å². The molecule has 1 aliphatic rings. The quantitative estimate of drug-likeness (QED) is 0.507. The van der Waals surface area contributed by atoms with Gasteiger partial charge in [0.05, 0.1) is 12.0 Å². The van der Waals surface area contributed by atoms with Crippen LogP contribution in [0, 0.1) is 0 Å². The first kappa shape index (κ1) is 21.5. The molecule has 2 aromatic heterocycles. The van der Waals surface area contributed by atoms with Crippen LogP contribution in [0.25, 0.3) is 10.7 Å². The molecule has 1 fully saturated rings. The maximum atomic E-state index is 12.6. The average Bonchev–Trinajstić information content (AvgIpc) is 3.50. The predicted molar refractivity (Wildman–Crippen MR) is 120 cm³/mol. The summed E-state index contributed by atoms with van der Waals surface area (Å²) in [4.78, 5) is 22.5. The largest absolute Gasteiger partial charge is 0.497 e. The van der Waals surface area contributed by atoms with E-state index < -0.39 is 0 Å². The maximum absolute atomic E-state index is 12.6. The number of hydrogen-bond acceptors (Lipinski definition) is 7. The lowest BCUT2D eigenvalue weighted by molar-refractivity contribution is -0.132. The van der Waals surface area contributed by atoms with Crippen molar-refractivity contribution in [1.82, 2.24) is 19.9 Å². The molecule has 0 N–H and O–H groups in total. The Bertz CT molecular complexity index is 965. The van der Waals surface area contributed by atoms with E-state index in [0.717, 1.165) is 68.2 Å². The Balaban J connectivity index is 1.14. The average molecular weight is 441 g/mol. The van der Waals surface area contributed by atoms with Crippen molar-refractivity contribution < 1.29 is 14.1 Å². The van der Waals surface area contributed by atoms with Crippen molar-refractivity contribution in [2.45, 2.75) is 25.7 Å². The van der Waals surface area contributed by atoms with Crippen LogP contribution in [0.3, 0.4) is 0 Å². The van der Waals surface area contributed by atoms with Gasteiger partial charge in [-0.2, -0.15) is 4.98 Å². The number of carbonyl (C=O) groups excluding carboxylic acids is 1. The monoisotopic (exact) mass is 440 g/mol.